The molecule has 1 aliphatic rings. The van der Waals surface area contributed by atoms with Gasteiger partial charge in [0.25, 0.3) is 5.91 Å². The molecule has 1 amide bonds. The Balaban J connectivity index is 1.54. The van der Waals surface area contributed by atoms with E-state index >= 15 is 0 Å². The van der Waals surface area contributed by atoms with Crippen molar-refractivity contribution in [3.63, 3.8) is 0 Å². The van der Waals surface area contributed by atoms with E-state index in [1.807, 2.05) is 67.6 Å². The van der Waals surface area contributed by atoms with E-state index in [9.17, 15) is 4.79 Å². The zero-order valence-electron chi connectivity index (χ0n) is 19.3. The number of aliphatic imine (C=N–C) groups is 1. The largest absolute Gasteiger partial charge is 0.493 e. The fraction of sp³-hybridized carbons (Fsp3) is 0.185. The zero-order chi connectivity index (χ0) is 24.8. The lowest BCUT2D eigenvalue weighted by molar-refractivity contribution is -0.122. The lowest BCUT2D eigenvalue weighted by atomic mass is 10.1. The van der Waals surface area contributed by atoms with Crippen molar-refractivity contribution in [1.82, 2.24) is 4.90 Å². The first-order chi connectivity index (χ1) is 17.0. The van der Waals surface area contributed by atoms with Gasteiger partial charge in [0.15, 0.2) is 16.7 Å². The second kappa shape index (κ2) is 11.8. The summed E-state index contributed by atoms with van der Waals surface area (Å²) < 4.78 is 12.5. The number of amides is 1. The number of carbonyl (C=O) groups is 1. The third kappa shape index (κ3) is 6.48. The van der Waals surface area contributed by atoms with Crippen molar-refractivity contribution < 1.29 is 14.3 Å². The summed E-state index contributed by atoms with van der Waals surface area (Å²) in [5, 5.41) is 1.31. The predicted molar refractivity (Wildman–Crippen MR) is 148 cm³/mol. The van der Waals surface area contributed by atoms with Crippen LogP contribution in [0.5, 0.6) is 11.5 Å². The molecule has 0 spiro atoms. The van der Waals surface area contributed by atoms with Gasteiger partial charge in [-0.1, -0.05) is 52.7 Å². The molecule has 180 valence electrons. The Bertz CT molecular complexity index is 1260. The van der Waals surface area contributed by atoms with Gasteiger partial charge in [0, 0.05) is 16.0 Å². The molecule has 0 bridgehead atoms. The molecule has 0 unspecified atom stereocenters. The van der Waals surface area contributed by atoms with Gasteiger partial charge in [-0.05, 0) is 83.9 Å². The van der Waals surface area contributed by atoms with Crippen molar-refractivity contribution >= 4 is 62.1 Å². The summed E-state index contributed by atoms with van der Waals surface area (Å²) in [7, 11) is 1.61. The van der Waals surface area contributed by atoms with Crippen LogP contribution in [0.3, 0.4) is 0 Å². The van der Waals surface area contributed by atoms with Gasteiger partial charge in [-0.3, -0.25) is 9.69 Å². The van der Waals surface area contributed by atoms with Crippen molar-refractivity contribution in [3.8, 4) is 11.5 Å². The van der Waals surface area contributed by atoms with Crippen LogP contribution in [0.15, 0.2) is 81.1 Å². The van der Waals surface area contributed by atoms with E-state index in [1.165, 1.54) is 11.8 Å². The number of amidine groups is 1. The van der Waals surface area contributed by atoms with E-state index in [2.05, 4.69) is 20.9 Å². The Labute approximate surface area is 222 Å². The van der Waals surface area contributed by atoms with Gasteiger partial charge in [-0.15, -0.1) is 0 Å². The summed E-state index contributed by atoms with van der Waals surface area (Å²) in [6, 6.07) is 20.9. The second-order valence-electron chi connectivity index (χ2n) is 7.76. The van der Waals surface area contributed by atoms with E-state index in [-0.39, 0.29) is 5.91 Å². The number of nitrogens with zero attached hydrogens (tertiary/aromatic N) is 2. The third-order valence-electron chi connectivity index (χ3n) is 5.18. The predicted octanol–water partition coefficient (Wildman–Crippen LogP) is 7.70. The van der Waals surface area contributed by atoms with Crippen molar-refractivity contribution in [2.45, 2.75) is 20.0 Å². The molecule has 0 N–H and O–H groups in total. The fourth-order valence-corrected chi connectivity index (χ4v) is 4.84. The average molecular weight is 572 g/mol. The summed E-state index contributed by atoms with van der Waals surface area (Å²) in [4.78, 5) is 20.1. The molecule has 1 saturated heterocycles. The number of benzene rings is 3. The fourth-order valence-electron chi connectivity index (χ4n) is 3.42. The van der Waals surface area contributed by atoms with E-state index in [4.69, 9.17) is 21.1 Å². The molecule has 0 aromatic heterocycles. The Hall–Kier alpha value is -2.74. The van der Waals surface area contributed by atoms with Crippen LogP contribution in [-0.2, 0) is 11.4 Å². The number of ether oxygens (including phenoxy) is 2. The summed E-state index contributed by atoms with van der Waals surface area (Å²) in [5.41, 5.74) is 2.65. The smallest absolute Gasteiger partial charge is 0.266 e. The number of thioether (sulfide) groups is 1. The Morgan fingerprint density at radius 1 is 1.06 bits per heavy atom. The molecule has 1 fully saturated rings. The van der Waals surface area contributed by atoms with E-state index in [0.717, 1.165) is 27.7 Å². The number of halogens is 2. The van der Waals surface area contributed by atoms with Crippen LogP contribution in [0.1, 0.15) is 24.5 Å². The molecule has 1 aliphatic heterocycles. The number of methoxy groups -OCH3 is 1. The highest BCUT2D eigenvalue weighted by Gasteiger charge is 2.32. The van der Waals surface area contributed by atoms with Gasteiger partial charge in [0.05, 0.1) is 17.7 Å². The van der Waals surface area contributed by atoms with Crippen LogP contribution in [0.25, 0.3) is 6.08 Å². The van der Waals surface area contributed by atoms with Crippen molar-refractivity contribution in [2.24, 2.45) is 4.99 Å². The van der Waals surface area contributed by atoms with Gasteiger partial charge in [0.1, 0.15) is 6.61 Å². The lowest BCUT2D eigenvalue weighted by Crippen LogP contribution is -2.29. The Morgan fingerprint density at radius 3 is 2.49 bits per heavy atom. The molecule has 0 saturated carbocycles. The molecule has 3 aromatic carbocycles. The highest BCUT2D eigenvalue weighted by Crippen LogP contribution is 2.36. The van der Waals surface area contributed by atoms with Gasteiger partial charge in [0.2, 0.25) is 0 Å². The summed E-state index contributed by atoms with van der Waals surface area (Å²) in [6.45, 7) is 3.06. The number of rotatable bonds is 8. The monoisotopic (exact) mass is 570 g/mol. The maximum atomic E-state index is 13.1. The number of carbonyl (C=O) groups excluding carboxylic acids is 1. The first-order valence-corrected chi connectivity index (χ1v) is 13.1. The van der Waals surface area contributed by atoms with Gasteiger partial charge < -0.3 is 9.47 Å². The van der Waals surface area contributed by atoms with Gasteiger partial charge in [-0.25, -0.2) is 4.99 Å². The molecule has 0 radical (unpaired) electrons. The minimum absolute atomic E-state index is 0.0564. The normalized spacial score (nSPS) is 15.8. The molecule has 0 aliphatic carbocycles. The maximum Gasteiger partial charge on any atom is 0.266 e. The maximum absolute atomic E-state index is 13.1. The molecule has 5 nitrogen and oxygen atoms in total. The quantitative estimate of drug-likeness (QED) is 0.260. The van der Waals surface area contributed by atoms with Crippen LogP contribution in [0.2, 0.25) is 5.02 Å². The molecular formula is C27H24BrClN2O3S. The lowest BCUT2D eigenvalue weighted by Gasteiger charge is -2.14. The summed E-state index contributed by atoms with van der Waals surface area (Å²) in [6.07, 6.45) is 2.69. The van der Waals surface area contributed by atoms with Gasteiger partial charge in [-0.2, -0.15) is 0 Å². The molecule has 0 atom stereocenters. The highest BCUT2D eigenvalue weighted by molar-refractivity contribution is 9.10. The first kappa shape index (κ1) is 25.4. The molecule has 8 heteroatoms. The van der Waals surface area contributed by atoms with Crippen LogP contribution < -0.4 is 9.47 Å². The minimum atomic E-state index is -0.0564. The first-order valence-electron chi connectivity index (χ1n) is 11.1. The molecule has 35 heavy (non-hydrogen) atoms. The van der Waals surface area contributed by atoms with Crippen molar-refractivity contribution in [2.75, 3.05) is 13.7 Å². The average Bonchev–Trinajstić information content (AvgIpc) is 3.14. The molecule has 1 heterocycles. The molecule has 4 rings (SSSR count). The van der Waals surface area contributed by atoms with Crippen LogP contribution in [0.4, 0.5) is 5.69 Å². The Morgan fingerprint density at radius 2 is 1.80 bits per heavy atom. The van der Waals surface area contributed by atoms with Crippen molar-refractivity contribution in [1.29, 1.82) is 0 Å². The zero-order valence-corrected chi connectivity index (χ0v) is 22.5. The highest BCUT2D eigenvalue weighted by atomic mass is 79.9. The molecular weight excluding hydrogens is 548 g/mol. The third-order valence-corrected chi connectivity index (χ3v) is 6.97. The SMILES string of the molecule is CCCN1C(=O)/C(=C/c2ccc(OCc3ccc(Br)cc3)c(OC)c2)SC1=Nc1ccc(Cl)cc1. The minimum Gasteiger partial charge on any atom is -0.493 e. The topological polar surface area (TPSA) is 51.1 Å². The summed E-state index contributed by atoms with van der Waals surface area (Å²) >= 11 is 10.8. The van der Waals surface area contributed by atoms with Gasteiger partial charge >= 0.3 is 0 Å². The van der Waals surface area contributed by atoms with Crippen LogP contribution in [-0.4, -0.2) is 29.6 Å². The second-order valence-corrected chi connectivity index (χ2v) is 10.1. The number of hydrogen-bond donors (Lipinski definition) is 0. The van der Waals surface area contributed by atoms with Crippen LogP contribution >= 0.6 is 39.3 Å². The molecule has 3 aromatic rings. The summed E-state index contributed by atoms with van der Waals surface area (Å²) in [5.74, 6) is 1.19. The number of hydrogen-bond acceptors (Lipinski definition) is 5. The van der Waals surface area contributed by atoms with E-state index in [1.54, 1.807) is 24.1 Å². The van der Waals surface area contributed by atoms with Crippen LogP contribution in [0, 0.1) is 0 Å². The standard InChI is InChI=1S/C27H24BrClN2O3S/c1-3-14-31-26(32)25(35-27(31)30-22-11-9-21(29)10-12-22)16-19-6-13-23(24(15-19)33-2)34-17-18-4-7-20(28)8-5-18/h4-13,15-16H,3,14,17H2,1-2H3/b25-16-,30-27?. The van der Waals surface area contributed by atoms with E-state index < -0.39 is 0 Å². The van der Waals surface area contributed by atoms with E-state index in [0.29, 0.717) is 39.7 Å². The van der Waals surface area contributed by atoms with Crippen molar-refractivity contribution in [3.05, 3.63) is 92.3 Å². The Kier molecular flexibility index (Phi) is 8.55.